The molecule has 0 fully saturated rings. The van der Waals surface area contributed by atoms with Crippen LogP contribution >= 0.6 is 0 Å². The van der Waals surface area contributed by atoms with Crippen molar-refractivity contribution in [2.24, 2.45) is 0 Å². The van der Waals surface area contributed by atoms with Gasteiger partial charge in [-0.3, -0.25) is 0 Å². The molecule has 12 heavy (non-hydrogen) atoms. The van der Waals surface area contributed by atoms with E-state index in [0.29, 0.717) is 0 Å². The zero-order valence-electron chi connectivity index (χ0n) is 8.09. The molecule has 3 heteroatoms. The van der Waals surface area contributed by atoms with Gasteiger partial charge in [0.25, 0.3) is 0 Å². The fourth-order valence-corrected chi connectivity index (χ4v) is 1.05. The number of nitrogens with zero attached hydrogens (tertiary/aromatic N) is 2. The van der Waals surface area contributed by atoms with Crippen molar-refractivity contribution >= 4 is 0 Å². The molecule has 0 saturated heterocycles. The molecule has 68 valence electrons. The highest BCUT2D eigenvalue weighted by Crippen LogP contribution is 2.04. The van der Waals surface area contributed by atoms with E-state index in [-0.39, 0.29) is 6.15 Å². The Morgan fingerprint density at radius 2 is 1.92 bits per heavy atom. The van der Waals surface area contributed by atoms with Gasteiger partial charge in [-0.1, -0.05) is 13.8 Å². The van der Waals surface area contributed by atoms with Crippen molar-refractivity contribution in [3.63, 3.8) is 0 Å². The summed E-state index contributed by atoms with van der Waals surface area (Å²) in [7, 11) is 0. The first-order chi connectivity index (χ1) is 5.27. The van der Waals surface area contributed by atoms with Crippen LogP contribution in [-0.2, 0) is 12.8 Å². The van der Waals surface area contributed by atoms with Crippen molar-refractivity contribution in [3.8, 4) is 0 Å². The van der Waals surface area contributed by atoms with Gasteiger partial charge in [-0.2, -0.15) is 0 Å². The van der Waals surface area contributed by atoms with E-state index in [2.05, 4.69) is 30.7 Å². The Labute approximate surface area is 73.8 Å². The number of hydrogen-bond donors (Lipinski definition) is 1. The Bertz CT molecular complexity index is 246. The summed E-state index contributed by atoms with van der Waals surface area (Å²) in [6.45, 7) is 6.25. The lowest BCUT2D eigenvalue weighted by Crippen LogP contribution is -1.99. The summed E-state index contributed by atoms with van der Waals surface area (Å²) in [5.41, 5.74) is 2.38. The first kappa shape index (κ1) is 11.0. The highest BCUT2D eigenvalue weighted by molar-refractivity contribution is 5.15. The molecule has 0 amide bonds. The van der Waals surface area contributed by atoms with Crippen LogP contribution in [0.15, 0.2) is 6.20 Å². The minimum absolute atomic E-state index is 0. The van der Waals surface area contributed by atoms with Crippen molar-refractivity contribution in [1.29, 1.82) is 0 Å². The molecule has 3 N–H and O–H groups in total. The van der Waals surface area contributed by atoms with Gasteiger partial charge in [-0.15, -0.1) is 0 Å². The zero-order chi connectivity index (χ0) is 8.27. The maximum absolute atomic E-state index is 4.40. The van der Waals surface area contributed by atoms with Crippen molar-refractivity contribution in [3.05, 3.63) is 23.3 Å². The molecule has 0 radical (unpaired) electrons. The molecule has 1 aromatic heterocycles. The second-order valence-electron chi connectivity index (χ2n) is 2.62. The number of aromatic nitrogens is 2. The van der Waals surface area contributed by atoms with E-state index in [9.17, 15) is 0 Å². The monoisotopic (exact) mass is 167 g/mol. The average Bonchev–Trinajstić information content (AvgIpc) is 2.05. The zero-order valence-corrected chi connectivity index (χ0v) is 8.09. The third kappa shape index (κ3) is 2.27. The molecule has 1 aromatic rings. The standard InChI is InChI=1S/C9H14N2.H3N/c1-4-8-7(3)6-10-9(5-2)11-8;/h6H,4-5H2,1-3H3;1H3. The summed E-state index contributed by atoms with van der Waals surface area (Å²) in [5, 5.41) is 0. The van der Waals surface area contributed by atoms with Gasteiger partial charge in [-0.05, 0) is 18.9 Å². The van der Waals surface area contributed by atoms with Crippen LogP contribution in [0.4, 0.5) is 0 Å². The molecule has 0 aromatic carbocycles. The van der Waals surface area contributed by atoms with Gasteiger partial charge < -0.3 is 6.15 Å². The molecule has 0 spiro atoms. The van der Waals surface area contributed by atoms with Crippen LogP contribution in [0.25, 0.3) is 0 Å². The maximum atomic E-state index is 4.40. The lowest BCUT2D eigenvalue weighted by Gasteiger charge is -2.02. The molecular weight excluding hydrogens is 150 g/mol. The fourth-order valence-electron chi connectivity index (χ4n) is 1.05. The smallest absolute Gasteiger partial charge is 0.128 e. The van der Waals surface area contributed by atoms with Gasteiger partial charge in [0.05, 0.1) is 0 Å². The third-order valence-corrected chi connectivity index (χ3v) is 1.78. The number of hydrogen-bond acceptors (Lipinski definition) is 3. The quantitative estimate of drug-likeness (QED) is 0.733. The first-order valence-electron chi connectivity index (χ1n) is 4.09. The van der Waals surface area contributed by atoms with Gasteiger partial charge >= 0.3 is 0 Å². The van der Waals surface area contributed by atoms with Crippen LogP contribution in [0.3, 0.4) is 0 Å². The summed E-state index contributed by atoms with van der Waals surface area (Å²) in [6, 6.07) is 0. The Morgan fingerprint density at radius 1 is 1.25 bits per heavy atom. The van der Waals surface area contributed by atoms with E-state index in [1.807, 2.05) is 6.20 Å². The third-order valence-electron chi connectivity index (χ3n) is 1.78. The highest BCUT2D eigenvalue weighted by Gasteiger charge is 1.98. The second kappa shape index (κ2) is 4.83. The Morgan fingerprint density at radius 3 is 2.42 bits per heavy atom. The van der Waals surface area contributed by atoms with Gasteiger partial charge in [0.1, 0.15) is 5.82 Å². The van der Waals surface area contributed by atoms with Gasteiger partial charge in [0, 0.05) is 18.3 Å². The van der Waals surface area contributed by atoms with E-state index in [0.717, 1.165) is 18.7 Å². The van der Waals surface area contributed by atoms with Crippen LogP contribution in [0.2, 0.25) is 0 Å². The average molecular weight is 167 g/mol. The van der Waals surface area contributed by atoms with Gasteiger partial charge in [0.15, 0.2) is 0 Å². The molecule has 1 rings (SSSR count). The Hall–Kier alpha value is -0.960. The second-order valence-corrected chi connectivity index (χ2v) is 2.62. The lowest BCUT2D eigenvalue weighted by atomic mass is 10.2. The van der Waals surface area contributed by atoms with E-state index >= 15 is 0 Å². The molecule has 0 aliphatic heterocycles. The van der Waals surface area contributed by atoms with Crippen molar-refractivity contribution < 1.29 is 0 Å². The molecule has 0 aliphatic carbocycles. The summed E-state index contributed by atoms with van der Waals surface area (Å²) in [5.74, 6) is 0.951. The maximum Gasteiger partial charge on any atom is 0.128 e. The molecular formula is C9H17N3. The van der Waals surface area contributed by atoms with Crippen LogP contribution in [0.1, 0.15) is 30.9 Å². The molecule has 0 aliphatic rings. The van der Waals surface area contributed by atoms with Crippen LogP contribution < -0.4 is 6.15 Å². The molecule has 0 bridgehead atoms. The lowest BCUT2D eigenvalue weighted by molar-refractivity contribution is 0.872. The Balaban J connectivity index is 0.00000121. The topological polar surface area (TPSA) is 60.8 Å². The summed E-state index contributed by atoms with van der Waals surface area (Å²) in [4.78, 5) is 8.59. The predicted octanol–water partition coefficient (Wildman–Crippen LogP) is 2.07. The predicted molar refractivity (Wildman–Crippen MR) is 50.5 cm³/mol. The van der Waals surface area contributed by atoms with E-state index in [4.69, 9.17) is 0 Å². The Kier molecular flexibility index (Phi) is 4.44. The van der Waals surface area contributed by atoms with E-state index in [1.165, 1.54) is 11.3 Å². The highest BCUT2D eigenvalue weighted by atomic mass is 14.9. The van der Waals surface area contributed by atoms with Crippen LogP contribution in [0, 0.1) is 6.92 Å². The van der Waals surface area contributed by atoms with Crippen LogP contribution in [0.5, 0.6) is 0 Å². The largest absolute Gasteiger partial charge is 0.344 e. The fraction of sp³-hybridized carbons (Fsp3) is 0.556. The first-order valence-corrected chi connectivity index (χ1v) is 4.09. The normalized spacial score (nSPS) is 9.25. The number of rotatable bonds is 2. The van der Waals surface area contributed by atoms with Crippen LogP contribution in [-0.4, -0.2) is 9.97 Å². The van der Waals surface area contributed by atoms with E-state index < -0.39 is 0 Å². The number of aryl methyl sites for hydroxylation is 3. The van der Waals surface area contributed by atoms with Crippen molar-refractivity contribution in [2.45, 2.75) is 33.6 Å². The summed E-state index contributed by atoms with van der Waals surface area (Å²) >= 11 is 0. The van der Waals surface area contributed by atoms with E-state index in [1.54, 1.807) is 0 Å². The van der Waals surface area contributed by atoms with Gasteiger partial charge in [-0.25, -0.2) is 9.97 Å². The molecule has 3 nitrogen and oxygen atoms in total. The van der Waals surface area contributed by atoms with Crippen molar-refractivity contribution in [1.82, 2.24) is 16.1 Å². The SMILES string of the molecule is CCc1ncc(C)c(CC)n1.N. The van der Waals surface area contributed by atoms with Gasteiger partial charge in [0.2, 0.25) is 0 Å². The summed E-state index contributed by atoms with van der Waals surface area (Å²) < 4.78 is 0. The minimum Gasteiger partial charge on any atom is -0.344 e. The molecule has 1 heterocycles. The van der Waals surface area contributed by atoms with Crippen molar-refractivity contribution in [2.75, 3.05) is 0 Å². The summed E-state index contributed by atoms with van der Waals surface area (Å²) in [6.07, 6.45) is 3.83. The molecule has 0 unspecified atom stereocenters. The molecule has 0 atom stereocenters. The minimum atomic E-state index is 0. The molecule has 0 saturated carbocycles.